The molecule has 0 bridgehead atoms. The number of Topliss-reactive ketones (excluding diaryl/α,β-unsaturated/α-hetero) is 2. The van der Waals surface area contributed by atoms with E-state index in [1.54, 1.807) is 0 Å². The largest absolute Gasteiger partial charge is 0.300 e. The predicted molar refractivity (Wildman–Crippen MR) is 60.6 cm³/mol. The Balaban J connectivity index is 2.83. The van der Waals surface area contributed by atoms with Gasteiger partial charge in [0.1, 0.15) is 11.2 Å². The van der Waals surface area contributed by atoms with Crippen LogP contribution in [0.1, 0.15) is 52.4 Å². The zero-order valence-corrected chi connectivity index (χ0v) is 10.1. The Hall–Kier alpha value is -1.17. The van der Waals surface area contributed by atoms with Gasteiger partial charge >= 0.3 is 0 Å². The van der Waals surface area contributed by atoms with Crippen LogP contribution in [0.25, 0.3) is 0 Å². The average Bonchev–Trinajstić information content (AvgIpc) is 2.29. The quantitative estimate of drug-likeness (QED) is 0.733. The minimum Gasteiger partial charge on any atom is -0.300 e. The lowest BCUT2D eigenvalue weighted by molar-refractivity contribution is -0.131. The molecule has 0 heterocycles. The van der Waals surface area contributed by atoms with Gasteiger partial charge in [0.05, 0.1) is 6.07 Å². The van der Waals surface area contributed by atoms with E-state index in [1.807, 2.05) is 13.8 Å². The van der Waals surface area contributed by atoms with Crippen LogP contribution in [0.5, 0.6) is 0 Å². The molecule has 0 radical (unpaired) electrons. The third-order valence-corrected chi connectivity index (χ3v) is 3.69. The zero-order chi connectivity index (χ0) is 12.2. The standard InChI is InChI=1S/C13H19NO2/c1-3-11(15)8-10(2)13(9-14)7-5-4-6-12(13)16/h10H,3-8H2,1-2H3. The van der Waals surface area contributed by atoms with Crippen LogP contribution < -0.4 is 0 Å². The maximum atomic E-state index is 11.9. The topological polar surface area (TPSA) is 57.9 Å². The molecule has 3 nitrogen and oxygen atoms in total. The van der Waals surface area contributed by atoms with Gasteiger partial charge < -0.3 is 0 Å². The van der Waals surface area contributed by atoms with E-state index in [1.165, 1.54) is 0 Å². The van der Waals surface area contributed by atoms with Crippen molar-refractivity contribution in [3.05, 3.63) is 0 Å². The highest BCUT2D eigenvalue weighted by atomic mass is 16.1. The molecule has 0 aromatic rings. The highest BCUT2D eigenvalue weighted by molar-refractivity contribution is 5.89. The fourth-order valence-corrected chi connectivity index (χ4v) is 2.46. The van der Waals surface area contributed by atoms with Gasteiger partial charge in [0.15, 0.2) is 5.78 Å². The Morgan fingerprint density at radius 2 is 2.25 bits per heavy atom. The molecule has 1 fully saturated rings. The fraction of sp³-hybridized carbons (Fsp3) is 0.769. The molecule has 2 unspecified atom stereocenters. The summed E-state index contributed by atoms with van der Waals surface area (Å²) in [5.41, 5.74) is -0.886. The van der Waals surface area contributed by atoms with Crippen molar-refractivity contribution in [2.24, 2.45) is 11.3 Å². The van der Waals surface area contributed by atoms with E-state index in [9.17, 15) is 14.9 Å². The van der Waals surface area contributed by atoms with Crippen molar-refractivity contribution in [3.63, 3.8) is 0 Å². The van der Waals surface area contributed by atoms with Crippen LogP contribution >= 0.6 is 0 Å². The predicted octanol–water partition coefficient (Wildman–Crippen LogP) is 2.64. The highest BCUT2D eigenvalue weighted by Gasteiger charge is 2.45. The molecule has 16 heavy (non-hydrogen) atoms. The summed E-state index contributed by atoms with van der Waals surface area (Å²) in [7, 11) is 0. The van der Waals surface area contributed by atoms with E-state index in [0.717, 1.165) is 12.8 Å². The summed E-state index contributed by atoms with van der Waals surface area (Å²) in [6.45, 7) is 3.68. The summed E-state index contributed by atoms with van der Waals surface area (Å²) in [5.74, 6) is 0.0379. The second-order valence-electron chi connectivity index (χ2n) is 4.71. The number of rotatable bonds is 4. The fourth-order valence-electron chi connectivity index (χ4n) is 2.46. The van der Waals surface area contributed by atoms with E-state index in [2.05, 4.69) is 6.07 Å². The van der Waals surface area contributed by atoms with Gasteiger partial charge in [-0.15, -0.1) is 0 Å². The van der Waals surface area contributed by atoms with Crippen molar-refractivity contribution in [3.8, 4) is 6.07 Å². The third-order valence-electron chi connectivity index (χ3n) is 3.69. The van der Waals surface area contributed by atoms with Crippen LogP contribution in [-0.2, 0) is 9.59 Å². The van der Waals surface area contributed by atoms with E-state index in [4.69, 9.17) is 0 Å². The van der Waals surface area contributed by atoms with Crippen LogP contribution in [0.3, 0.4) is 0 Å². The van der Waals surface area contributed by atoms with Crippen LogP contribution in [0.4, 0.5) is 0 Å². The highest BCUT2D eigenvalue weighted by Crippen LogP contribution is 2.41. The van der Waals surface area contributed by atoms with Crippen LogP contribution in [0, 0.1) is 22.7 Å². The molecular weight excluding hydrogens is 202 g/mol. The first-order valence-corrected chi connectivity index (χ1v) is 6.03. The Bertz CT molecular complexity index is 329. The number of hydrogen-bond acceptors (Lipinski definition) is 3. The normalized spacial score (nSPS) is 27.2. The molecule has 88 valence electrons. The monoisotopic (exact) mass is 221 g/mol. The van der Waals surface area contributed by atoms with Gasteiger partial charge in [0, 0.05) is 19.3 Å². The van der Waals surface area contributed by atoms with E-state index in [-0.39, 0.29) is 17.5 Å². The lowest BCUT2D eigenvalue weighted by atomic mass is 9.65. The minimum absolute atomic E-state index is 0.0395. The number of carbonyl (C=O) groups excluding carboxylic acids is 2. The second-order valence-corrected chi connectivity index (χ2v) is 4.71. The van der Waals surface area contributed by atoms with Crippen molar-refractivity contribution in [2.75, 3.05) is 0 Å². The van der Waals surface area contributed by atoms with E-state index in [0.29, 0.717) is 25.7 Å². The van der Waals surface area contributed by atoms with Crippen LogP contribution in [0.15, 0.2) is 0 Å². The molecule has 0 N–H and O–H groups in total. The van der Waals surface area contributed by atoms with Crippen molar-refractivity contribution in [1.29, 1.82) is 5.26 Å². The first kappa shape index (κ1) is 12.9. The lowest BCUT2D eigenvalue weighted by Crippen LogP contribution is -2.39. The molecular formula is C13H19NO2. The second kappa shape index (κ2) is 5.25. The first-order chi connectivity index (χ1) is 7.56. The maximum Gasteiger partial charge on any atom is 0.153 e. The SMILES string of the molecule is CCC(=O)CC(C)C1(C#N)CCCCC1=O. The van der Waals surface area contributed by atoms with E-state index >= 15 is 0 Å². The summed E-state index contributed by atoms with van der Waals surface area (Å²) < 4.78 is 0. The zero-order valence-electron chi connectivity index (χ0n) is 10.1. The number of hydrogen-bond donors (Lipinski definition) is 0. The molecule has 1 saturated carbocycles. The maximum absolute atomic E-state index is 11.9. The van der Waals surface area contributed by atoms with Gasteiger partial charge in [-0.05, 0) is 18.8 Å². The number of nitriles is 1. The first-order valence-electron chi connectivity index (χ1n) is 6.03. The molecule has 0 aromatic carbocycles. The van der Waals surface area contributed by atoms with Gasteiger partial charge in [-0.3, -0.25) is 9.59 Å². The summed E-state index contributed by atoms with van der Waals surface area (Å²) in [4.78, 5) is 23.3. The summed E-state index contributed by atoms with van der Waals surface area (Å²) in [6, 6.07) is 2.19. The molecule has 2 atom stereocenters. The van der Waals surface area contributed by atoms with Crippen molar-refractivity contribution in [2.45, 2.75) is 52.4 Å². The van der Waals surface area contributed by atoms with Crippen molar-refractivity contribution >= 4 is 11.6 Å². The van der Waals surface area contributed by atoms with Gasteiger partial charge in [-0.2, -0.15) is 5.26 Å². The van der Waals surface area contributed by atoms with Crippen LogP contribution in [-0.4, -0.2) is 11.6 Å². The molecule has 1 rings (SSSR count). The Morgan fingerprint density at radius 1 is 1.56 bits per heavy atom. The molecule has 0 saturated heterocycles. The van der Waals surface area contributed by atoms with E-state index < -0.39 is 5.41 Å². The Labute approximate surface area is 96.8 Å². The minimum atomic E-state index is -0.886. The molecule has 0 aromatic heterocycles. The van der Waals surface area contributed by atoms with Gasteiger partial charge in [0.25, 0.3) is 0 Å². The van der Waals surface area contributed by atoms with Gasteiger partial charge in [-0.1, -0.05) is 20.3 Å². The summed E-state index contributed by atoms with van der Waals surface area (Å²) >= 11 is 0. The Morgan fingerprint density at radius 3 is 2.75 bits per heavy atom. The summed E-state index contributed by atoms with van der Waals surface area (Å²) in [5, 5.41) is 9.29. The van der Waals surface area contributed by atoms with Crippen molar-refractivity contribution < 1.29 is 9.59 Å². The number of carbonyl (C=O) groups is 2. The molecule has 0 aliphatic heterocycles. The average molecular weight is 221 g/mol. The lowest BCUT2D eigenvalue weighted by Gasteiger charge is -2.34. The van der Waals surface area contributed by atoms with Crippen molar-refractivity contribution in [1.82, 2.24) is 0 Å². The molecule has 0 amide bonds. The van der Waals surface area contributed by atoms with Gasteiger partial charge in [-0.25, -0.2) is 0 Å². The third kappa shape index (κ3) is 2.32. The number of ketones is 2. The van der Waals surface area contributed by atoms with Crippen LogP contribution in [0.2, 0.25) is 0 Å². The van der Waals surface area contributed by atoms with Gasteiger partial charge in [0.2, 0.25) is 0 Å². The number of nitrogens with zero attached hydrogens (tertiary/aromatic N) is 1. The molecule has 1 aliphatic carbocycles. The Kier molecular flexibility index (Phi) is 4.23. The molecule has 0 spiro atoms. The smallest absolute Gasteiger partial charge is 0.153 e. The molecule has 3 heteroatoms. The summed E-state index contributed by atoms with van der Waals surface area (Å²) in [6.07, 6.45) is 3.77. The molecule has 1 aliphatic rings.